The molecule has 1 aliphatic rings. The van der Waals surface area contributed by atoms with E-state index in [0.29, 0.717) is 12.1 Å². The maximum absolute atomic E-state index is 12.9. The summed E-state index contributed by atoms with van der Waals surface area (Å²) in [5.74, 6) is -3.64. The Morgan fingerprint density at radius 1 is 1.06 bits per heavy atom. The van der Waals surface area contributed by atoms with Crippen molar-refractivity contribution in [3.05, 3.63) is 35.1 Å². The number of halogens is 3. The third kappa shape index (κ3) is 2.54. The van der Waals surface area contributed by atoms with Crippen molar-refractivity contribution in [1.29, 1.82) is 0 Å². The van der Waals surface area contributed by atoms with Crippen LogP contribution in [0.3, 0.4) is 0 Å². The highest BCUT2D eigenvalue weighted by Gasteiger charge is 2.14. The predicted molar refractivity (Wildman–Crippen MR) is 54.5 cm³/mol. The fourth-order valence-corrected chi connectivity index (χ4v) is 1.83. The van der Waals surface area contributed by atoms with E-state index in [2.05, 4.69) is 10.2 Å². The molecule has 0 unspecified atom stereocenters. The van der Waals surface area contributed by atoms with Gasteiger partial charge in [0.05, 0.1) is 0 Å². The van der Waals surface area contributed by atoms with Gasteiger partial charge in [-0.15, -0.1) is 0 Å². The first kappa shape index (κ1) is 11.4. The van der Waals surface area contributed by atoms with Gasteiger partial charge in [-0.1, -0.05) is 0 Å². The standard InChI is InChI=1S/C11H13F3N2/c12-9-5-8(6-10(13)11(9)14)7-16-3-1-15-2-4-16/h5-6,15H,1-4,7H2. The number of rotatable bonds is 2. The second-order valence-corrected chi connectivity index (χ2v) is 3.90. The maximum atomic E-state index is 12.9. The van der Waals surface area contributed by atoms with Crippen molar-refractivity contribution in [1.82, 2.24) is 10.2 Å². The lowest BCUT2D eigenvalue weighted by Crippen LogP contribution is -2.42. The molecule has 0 aromatic heterocycles. The quantitative estimate of drug-likeness (QED) is 0.775. The molecule has 0 saturated carbocycles. The minimum Gasteiger partial charge on any atom is -0.314 e. The molecule has 0 amide bonds. The van der Waals surface area contributed by atoms with E-state index in [1.165, 1.54) is 0 Å². The first-order valence-electron chi connectivity index (χ1n) is 5.23. The lowest BCUT2D eigenvalue weighted by Gasteiger charge is -2.27. The number of hydrogen-bond donors (Lipinski definition) is 1. The molecule has 0 atom stereocenters. The Bertz CT molecular complexity index is 352. The van der Waals surface area contributed by atoms with E-state index in [0.717, 1.165) is 38.3 Å². The minimum atomic E-state index is -1.40. The van der Waals surface area contributed by atoms with E-state index in [1.807, 2.05) is 0 Å². The number of benzene rings is 1. The van der Waals surface area contributed by atoms with E-state index >= 15 is 0 Å². The molecule has 1 aliphatic heterocycles. The molecule has 2 nitrogen and oxygen atoms in total. The molecular formula is C11H13F3N2. The van der Waals surface area contributed by atoms with E-state index in [4.69, 9.17) is 0 Å². The molecule has 1 fully saturated rings. The van der Waals surface area contributed by atoms with Gasteiger partial charge in [-0.3, -0.25) is 4.90 Å². The molecule has 1 aromatic rings. The molecule has 16 heavy (non-hydrogen) atoms. The SMILES string of the molecule is Fc1cc(CN2CCNCC2)cc(F)c1F. The van der Waals surface area contributed by atoms with Crippen LogP contribution < -0.4 is 5.32 Å². The van der Waals surface area contributed by atoms with Crippen LogP contribution in [0, 0.1) is 17.5 Å². The van der Waals surface area contributed by atoms with E-state index in [-0.39, 0.29) is 0 Å². The van der Waals surface area contributed by atoms with Crippen LogP contribution in [0.4, 0.5) is 13.2 Å². The summed E-state index contributed by atoms with van der Waals surface area (Å²) in [5.41, 5.74) is 0.471. The highest BCUT2D eigenvalue weighted by molar-refractivity contribution is 5.19. The zero-order chi connectivity index (χ0) is 11.5. The fourth-order valence-electron chi connectivity index (χ4n) is 1.83. The van der Waals surface area contributed by atoms with Crippen LogP contribution >= 0.6 is 0 Å². The van der Waals surface area contributed by atoms with Crippen LogP contribution in [0.25, 0.3) is 0 Å². The Balaban J connectivity index is 2.09. The molecule has 1 aromatic carbocycles. The highest BCUT2D eigenvalue weighted by Crippen LogP contribution is 2.15. The first-order valence-corrected chi connectivity index (χ1v) is 5.23. The molecule has 0 bridgehead atoms. The monoisotopic (exact) mass is 230 g/mol. The van der Waals surface area contributed by atoms with Crippen molar-refractivity contribution in [3.8, 4) is 0 Å². The van der Waals surface area contributed by atoms with Gasteiger partial charge in [0, 0.05) is 32.7 Å². The zero-order valence-corrected chi connectivity index (χ0v) is 8.77. The molecule has 2 rings (SSSR count). The van der Waals surface area contributed by atoms with Gasteiger partial charge in [-0.2, -0.15) is 0 Å². The van der Waals surface area contributed by atoms with Crippen molar-refractivity contribution >= 4 is 0 Å². The fraction of sp³-hybridized carbons (Fsp3) is 0.455. The van der Waals surface area contributed by atoms with E-state index in [1.54, 1.807) is 0 Å². The largest absolute Gasteiger partial charge is 0.314 e. The maximum Gasteiger partial charge on any atom is 0.194 e. The smallest absolute Gasteiger partial charge is 0.194 e. The van der Waals surface area contributed by atoms with Crippen molar-refractivity contribution in [2.75, 3.05) is 26.2 Å². The van der Waals surface area contributed by atoms with Gasteiger partial charge in [0.15, 0.2) is 17.5 Å². The van der Waals surface area contributed by atoms with Gasteiger partial charge in [0.1, 0.15) is 0 Å². The molecule has 0 radical (unpaired) electrons. The summed E-state index contributed by atoms with van der Waals surface area (Å²) in [6, 6.07) is 2.11. The van der Waals surface area contributed by atoms with Crippen LogP contribution in [-0.2, 0) is 6.54 Å². The van der Waals surface area contributed by atoms with Gasteiger partial charge < -0.3 is 5.32 Å². The molecular weight excluding hydrogens is 217 g/mol. The number of nitrogens with one attached hydrogen (secondary N) is 1. The average molecular weight is 230 g/mol. The summed E-state index contributed by atoms with van der Waals surface area (Å²) in [4.78, 5) is 2.07. The topological polar surface area (TPSA) is 15.3 Å². The molecule has 5 heteroatoms. The average Bonchev–Trinajstić information content (AvgIpc) is 2.27. The van der Waals surface area contributed by atoms with Crippen molar-refractivity contribution in [2.24, 2.45) is 0 Å². The molecule has 88 valence electrons. The van der Waals surface area contributed by atoms with Crippen LogP contribution in [0.2, 0.25) is 0 Å². The molecule has 1 heterocycles. The Morgan fingerprint density at radius 2 is 1.62 bits per heavy atom. The summed E-state index contributed by atoms with van der Waals surface area (Å²) >= 11 is 0. The number of piperazine rings is 1. The summed E-state index contributed by atoms with van der Waals surface area (Å²) < 4.78 is 38.6. The van der Waals surface area contributed by atoms with Gasteiger partial charge in [0.2, 0.25) is 0 Å². The van der Waals surface area contributed by atoms with Crippen LogP contribution in [-0.4, -0.2) is 31.1 Å². The minimum absolute atomic E-state index is 0.454. The number of nitrogens with zero attached hydrogens (tertiary/aromatic N) is 1. The summed E-state index contributed by atoms with van der Waals surface area (Å²) in [7, 11) is 0. The molecule has 1 saturated heterocycles. The molecule has 0 aliphatic carbocycles. The normalized spacial score (nSPS) is 17.7. The lowest BCUT2D eigenvalue weighted by molar-refractivity contribution is 0.232. The van der Waals surface area contributed by atoms with Crippen LogP contribution in [0.5, 0.6) is 0 Å². The molecule has 1 N–H and O–H groups in total. The Labute approximate surface area is 92.1 Å². The zero-order valence-electron chi connectivity index (χ0n) is 8.77. The summed E-state index contributed by atoms with van der Waals surface area (Å²) in [6.07, 6.45) is 0. The Kier molecular flexibility index (Phi) is 3.46. The predicted octanol–water partition coefficient (Wildman–Crippen LogP) is 1.51. The van der Waals surface area contributed by atoms with E-state index < -0.39 is 17.5 Å². The van der Waals surface area contributed by atoms with Crippen LogP contribution in [0.1, 0.15) is 5.56 Å². The lowest BCUT2D eigenvalue weighted by atomic mass is 10.2. The van der Waals surface area contributed by atoms with Gasteiger partial charge in [-0.05, 0) is 17.7 Å². The first-order chi connectivity index (χ1) is 7.66. The number of hydrogen-bond acceptors (Lipinski definition) is 2. The highest BCUT2D eigenvalue weighted by atomic mass is 19.2. The van der Waals surface area contributed by atoms with Gasteiger partial charge >= 0.3 is 0 Å². The Morgan fingerprint density at radius 3 is 2.19 bits per heavy atom. The van der Waals surface area contributed by atoms with Crippen molar-refractivity contribution in [2.45, 2.75) is 6.54 Å². The van der Waals surface area contributed by atoms with Gasteiger partial charge in [-0.25, -0.2) is 13.2 Å². The molecule has 0 spiro atoms. The third-order valence-corrected chi connectivity index (χ3v) is 2.66. The van der Waals surface area contributed by atoms with Gasteiger partial charge in [0.25, 0.3) is 0 Å². The third-order valence-electron chi connectivity index (χ3n) is 2.66. The van der Waals surface area contributed by atoms with E-state index in [9.17, 15) is 13.2 Å². The second-order valence-electron chi connectivity index (χ2n) is 3.90. The second kappa shape index (κ2) is 4.84. The van der Waals surface area contributed by atoms with Crippen molar-refractivity contribution in [3.63, 3.8) is 0 Å². The Hall–Kier alpha value is -1.07. The summed E-state index contributed by atoms with van der Waals surface area (Å²) in [5, 5.41) is 3.18. The van der Waals surface area contributed by atoms with Crippen LogP contribution in [0.15, 0.2) is 12.1 Å². The summed E-state index contributed by atoms with van der Waals surface area (Å²) in [6.45, 7) is 3.86. The van der Waals surface area contributed by atoms with Crippen molar-refractivity contribution < 1.29 is 13.2 Å².